The first kappa shape index (κ1) is 35.1. The molecule has 0 saturated carbocycles. The molecule has 4 N–H and O–H groups in total. The number of nitrogens with two attached hydrogens (primary N) is 1. The molecule has 12 nitrogen and oxygen atoms in total. The molecule has 1 aliphatic heterocycles. The zero-order valence-corrected chi connectivity index (χ0v) is 26.8. The zero-order chi connectivity index (χ0) is 33.5. The number of carbonyl (C=O) groups excluding carboxylic acids is 4. The van der Waals surface area contributed by atoms with Gasteiger partial charge in [0.1, 0.15) is 0 Å². The minimum atomic E-state index is -2.94. The van der Waals surface area contributed by atoms with Gasteiger partial charge in [0.05, 0.1) is 36.8 Å². The standard InChI is InChI=1S/C31H44F2N8O4/c1-19(2)28(44)25(8-7-12-36-30(34)39(4)5)38-26(42)17-40(6)21-9-10-24-23(14-21)22(11-13-35-24)29(45)37-16-27(43)41-18-31(32,33)15-20(41)3/h9-11,13-14,19-20,25H,7-8,12,15-18H2,1-6H3,(H2,34,36)(H,37,45)(H,38,42)/t20-,25+/m1/s1. The number of rotatable bonds is 13. The lowest BCUT2D eigenvalue weighted by Crippen LogP contribution is -2.46. The van der Waals surface area contributed by atoms with Crippen molar-refractivity contribution in [2.24, 2.45) is 16.6 Å². The number of pyridine rings is 1. The predicted octanol–water partition coefficient (Wildman–Crippen LogP) is 2.02. The topological polar surface area (TPSA) is 153 Å². The van der Waals surface area contributed by atoms with Crippen LogP contribution in [0.4, 0.5) is 14.5 Å². The average molecular weight is 631 g/mol. The van der Waals surface area contributed by atoms with Crippen LogP contribution in [-0.2, 0) is 14.4 Å². The van der Waals surface area contributed by atoms with E-state index in [1.54, 1.807) is 69.9 Å². The predicted molar refractivity (Wildman–Crippen MR) is 169 cm³/mol. The monoisotopic (exact) mass is 630 g/mol. The van der Waals surface area contributed by atoms with Crippen LogP contribution >= 0.6 is 0 Å². The van der Waals surface area contributed by atoms with Crippen molar-refractivity contribution < 1.29 is 28.0 Å². The van der Waals surface area contributed by atoms with Crippen LogP contribution in [-0.4, -0.2) is 110 Å². The Labute approximate surface area is 262 Å². The van der Waals surface area contributed by atoms with Gasteiger partial charge in [-0.15, -0.1) is 0 Å². The molecule has 1 aliphatic rings. The Morgan fingerprint density at radius 3 is 2.51 bits per heavy atom. The first-order chi connectivity index (χ1) is 21.1. The lowest BCUT2D eigenvalue weighted by atomic mass is 9.98. The van der Waals surface area contributed by atoms with Crippen LogP contribution in [0.5, 0.6) is 0 Å². The van der Waals surface area contributed by atoms with E-state index in [0.29, 0.717) is 41.9 Å². The number of hydrogen-bond donors (Lipinski definition) is 3. The Balaban J connectivity index is 1.66. The number of aromatic nitrogens is 1. The number of likely N-dealkylation sites (N-methyl/N-ethyl adjacent to an activating group) is 1. The molecule has 2 aromatic rings. The number of aliphatic imine (C=N–C) groups is 1. The summed E-state index contributed by atoms with van der Waals surface area (Å²) in [5, 5.41) is 5.88. The third-order valence-corrected chi connectivity index (χ3v) is 7.67. The van der Waals surface area contributed by atoms with Crippen molar-refractivity contribution in [3.05, 3.63) is 36.0 Å². The number of guanidine groups is 1. The third-order valence-electron chi connectivity index (χ3n) is 7.67. The van der Waals surface area contributed by atoms with E-state index >= 15 is 0 Å². The van der Waals surface area contributed by atoms with E-state index in [9.17, 15) is 28.0 Å². The summed E-state index contributed by atoms with van der Waals surface area (Å²) in [5.74, 6) is -4.39. The molecule has 2 heterocycles. The van der Waals surface area contributed by atoms with Crippen molar-refractivity contribution >= 4 is 46.1 Å². The second-order valence-electron chi connectivity index (χ2n) is 12.0. The lowest BCUT2D eigenvalue weighted by molar-refractivity contribution is -0.131. The van der Waals surface area contributed by atoms with Crippen molar-refractivity contribution in [1.29, 1.82) is 0 Å². The number of fused-ring (bicyclic) bond motifs is 1. The molecule has 0 radical (unpaired) electrons. The van der Waals surface area contributed by atoms with Crippen LogP contribution in [0, 0.1) is 5.92 Å². The Bertz CT molecular complexity index is 1430. The van der Waals surface area contributed by atoms with Gasteiger partial charge in [0.15, 0.2) is 11.7 Å². The van der Waals surface area contributed by atoms with E-state index in [0.717, 1.165) is 4.90 Å². The number of ketones is 1. The van der Waals surface area contributed by atoms with Gasteiger partial charge in [-0.1, -0.05) is 13.8 Å². The van der Waals surface area contributed by atoms with Gasteiger partial charge in [0.2, 0.25) is 11.8 Å². The summed E-state index contributed by atoms with van der Waals surface area (Å²) in [4.78, 5) is 64.5. The van der Waals surface area contributed by atoms with Crippen molar-refractivity contribution in [2.75, 3.05) is 52.2 Å². The summed E-state index contributed by atoms with van der Waals surface area (Å²) < 4.78 is 27.4. The van der Waals surface area contributed by atoms with E-state index in [4.69, 9.17) is 5.73 Å². The summed E-state index contributed by atoms with van der Waals surface area (Å²) in [6.45, 7) is 4.39. The largest absolute Gasteiger partial charge is 0.370 e. The molecule has 0 unspecified atom stereocenters. The minimum Gasteiger partial charge on any atom is -0.370 e. The zero-order valence-electron chi connectivity index (χ0n) is 26.8. The third kappa shape index (κ3) is 9.56. The summed E-state index contributed by atoms with van der Waals surface area (Å²) >= 11 is 0. The van der Waals surface area contributed by atoms with Crippen LogP contribution in [0.3, 0.4) is 0 Å². The van der Waals surface area contributed by atoms with Gasteiger partial charge in [-0.05, 0) is 44.0 Å². The number of hydrogen-bond acceptors (Lipinski definition) is 7. The maximum absolute atomic E-state index is 13.7. The fraction of sp³-hybridized carbons (Fsp3) is 0.548. The number of nitrogens with one attached hydrogen (secondary N) is 2. The molecule has 45 heavy (non-hydrogen) atoms. The van der Waals surface area contributed by atoms with E-state index in [1.807, 2.05) is 0 Å². The van der Waals surface area contributed by atoms with Crippen LogP contribution in [0.1, 0.15) is 50.4 Å². The van der Waals surface area contributed by atoms with Crippen LogP contribution in [0.15, 0.2) is 35.5 Å². The highest BCUT2D eigenvalue weighted by Crippen LogP contribution is 2.31. The first-order valence-electron chi connectivity index (χ1n) is 15.0. The maximum atomic E-state index is 13.7. The number of anilines is 1. The molecule has 3 amide bonds. The van der Waals surface area contributed by atoms with E-state index in [2.05, 4.69) is 20.6 Å². The first-order valence-corrected chi connectivity index (χ1v) is 15.0. The Morgan fingerprint density at radius 1 is 1.18 bits per heavy atom. The fourth-order valence-corrected chi connectivity index (χ4v) is 5.13. The number of carbonyl (C=O) groups is 4. The van der Waals surface area contributed by atoms with E-state index < -0.39 is 49.3 Å². The maximum Gasteiger partial charge on any atom is 0.267 e. The molecule has 0 spiro atoms. The molecule has 1 saturated heterocycles. The number of halogens is 2. The minimum absolute atomic E-state index is 0.0614. The fourth-order valence-electron chi connectivity index (χ4n) is 5.13. The number of likely N-dealkylation sites (tertiary alicyclic amines) is 1. The van der Waals surface area contributed by atoms with Crippen molar-refractivity contribution in [3.8, 4) is 0 Å². The van der Waals surface area contributed by atoms with Crippen molar-refractivity contribution in [3.63, 3.8) is 0 Å². The summed E-state index contributed by atoms with van der Waals surface area (Å²) in [6.07, 6.45) is 2.03. The average Bonchev–Trinajstić information content (AvgIpc) is 3.27. The van der Waals surface area contributed by atoms with Gasteiger partial charge in [0.25, 0.3) is 11.8 Å². The van der Waals surface area contributed by atoms with Crippen LogP contribution in [0.25, 0.3) is 10.9 Å². The van der Waals surface area contributed by atoms with E-state index in [1.165, 1.54) is 12.3 Å². The normalized spacial score (nSPS) is 16.9. The molecule has 1 aromatic heterocycles. The molecule has 246 valence electrons. The van der Waals surface area contributed by atoms with Crippen molar-refractivity contribution in [1.82, 2.24) is 25.4 Å². The Morgan fingerprint density at radius 2 is 1.89 bits per heavy atom. The molecule has 0 aliphatic carbocycles. The van der Waals surface area contributed by atoms with Crippen LogP contribution in [0.2, 0.25) is 0 Å². The SMILES string of the molecule is CC(C)C(=O)[C@H](CCCN=C(N)N(C)C)NC(=O)CN(C)c1ccc2nccc(C(=O)NCC(=O)N3CC(F)(F)C[C@H]3C)c2c1. The van der Waals surface area contributed by atoms with Gasteiger partial charge < -0.3 is 31.1 Å². The van der Waals surface area contributed by atoms with Gasteiger partial charge in [-0.2, -0.15) is 0 Å². The smallest absolute Gasteiger partial charge is 0.267 e. The molecular formula is C31H44F2N8O4. The molecule has 3 rings (SSSR count). The number of benzene rings is 1. The second-order valence-corrected chi connectivity index (χ2v) is 12.0. The molecule has 0 bridgehead atoms. The van der Waals surface area contributed by atoms with Crippen LogP contribution < -0.4 is 21.3 Å². The molecule has 1 aromatic carbocycles. The van der Waals surface area contributed by atoms with Gasteiger partial charge in [0, 0.05) is 63.3 Å². The lowest BCUT2D eigenvalue weighted by Gasteiger charge is -2.23. The quantitative estimate of drug-likeness (QED) is 0.173. The van der Waals surface area contributed by atoms with Crippen molar-refractivity contribution in [2.45, 2.75) is 58.0 Å². The van der Waals surface area contributed by atoms with Gasteiger partial charge in [-0.3, -0.25) is 29.2 Å². The summed E-state index contributed by atoms with van der Waals surface area (Å²) in [6, 6.07) is 5.38. The van der Waals surface area contributed by atoms with Gasteiger partial charge in [-0.25, -0.2) is 8.78 Å². The van der Waals surface area contributed by atoms with E-state index in [-0.39, 0.29) is 29.7 Å². The van der Waals surface area contributed by atoms with Gasteiger partial charge >= 0.3 is 0 Å². The summed E-state index contributed by atoms with van der Waals surface area (Å²) in [5.41, 5.74) is 7.20. The highest BCUT2D eigenvalue weighted by atomic mass is 19.3. The highest BCUT2D eigenvalue weighted by molar-refractivity contribution is 6.07. The molecule has 2 atom stereocenters. The highest BCUT2D eigenvalue weighted by Gasteiger charge is 2.44. The number of Topliss-reactive ketones (excluding diaryl/α,β-unsaturated/α-hetero) is 1. The number of alkyl halides is 2. The molecule has 1 fully saturated rings. The number of nitrogens with zero attached hydrogens (tertiary/aromatic N) is 5. The summed E-state index contributed by atoms with van der Waals surface area (Å²) in [7, 11) is 5.28. The molecular weight excluding hydrogens is 586 g/mol. The molecule has 14 heteroatoms. The Hall–Kier alpha value is -4.36. The Kier molecular flexibility index (Phi) is 11.8. The number of amides is 3. The second kappa shape index (κ2) is 15.1.